The summed E-state index contributed by atoms with van der Waals surface area (Å²) in [6, 6.07) is 1.77. The molecule has 2 unspecified atom stereocenters. The van der Waals surface area contributed by atoms with Crippen LogP contribution in [0.25, 0.3) is 0 Å². The van der Waals surface area contributed by atoms with Gasteiger partial charge in [-0.2, -0.15) is 0 Å². The molecule has 0 amide bonds. The van der Waals surface area contributed by atoms with Crippen molar-refractivity contribution in [1.29, 1.82) is 0 Å². The first-order chi connectivity index (χ1) is 8.50. The van der Waals surface area contributed by atoms with E-state index in [-0.39, 0.29) is 18.8 Å². The largest absolute Gasteiger partial charge is 0.496 e. The van der Waals surface area contributed by atoms with Crippen LogP contribution in [0.5, 0.6) is 5.75 Å². The number of rotatable bonds is 4. The predicted molar refractivity (Wildman–Crippen MR) is 67.4 cm³/mol. The van der Waals surface area contributed by atoms with Gasteiger partial charge in [0.05, 0.1) is 13.2 Å². The first kappa shape index (κ1) is 13.7. The van der Waals surface area contributed by atoms with E-state index in [0.29, 0.717) is 18.6 Å². The minimum absolute atomic E-state index is 0.00752. The SMILES string of the molecule is COc1csc(C(O)CC2CCCC(F)(F)C2)c1. The Morgan fingerprint density at radius 3 is 3.00 bits per heavy atom. The second-order valence-electron chi connectivity index (χ2n) is 4.96. The molecule has 0 radical (unpaired) electrons. The lowest BCUT2D eigenvalue weighted by Crippen LogP contribution is -2.26. The fourth-order valence-corrected chi connectivity index (χ4v) is 3.38. The highest BCUT2D eigenvalue weighted by Gasteiger charge is 2.36. The number of ether oxygens (including phenoxy) is 1. The number of aliphatic hydroxyl groups is 1. The molecule has 0 aliphatic heterocycles. The number of hydrogen-bond acceptors (Lipinski definition) is 3. The summed E-state index contributed by atoms with van der Waals surface area (Å²) in [5.41, 5.74) is 0. The summed E-state index contributed by atoms with van der Waals surface area (Å²) in [5.74, 6) is -1.92. The van der Waals surface area contributed by atoms with Gasteiger partial charge in [0.1, 0.15) is 5.75 Å². The predicted octanol–water partition coefficient (Wildman–Crippen LogP) is 4.01. The molecular weight excluding hydrogens is 258 g/mol. The zero-order valence-electron chi connectivity index (χ0n) is 10.4. The van der Waals surface area contributed by atoms with Crippen LogP contribution in [0, 0.1) is 5.92 Å². The minimum atomic E-state index is -2.55. The van der Waals surface area contributed by atoms with Gasteiger partial charge >= 0.3 is 0 Å². The highest BCUT2D eigenvalue weighted by atomic mass is 32.1. The van der Waals surface area contributed by atoms with E-state index in [4.69, 9.17) is 4.74 Å². The fraction of sp³-hybridized carbons (Fsp3) is 0.692. The van der Waals surface area contributed by atoms with E-state index in [1.165, 1.54) is 11.3 Å². The average Bonchev–Trinajstić information content (AvgIpc) is 2.76. The van der Waals surface area contributed by atoms with Crippen LogP contribution in [0.4, 0.5) is 8.78 Å². The minimum Gasteiger partial charge on any atom is -0.496 e. The van der Waals surface area contributed by atoms with Crippen LogP contribution < -0.4 is 4.74 Å². The van der Waals surface area contributed by atoms with E-state index in [0.717, 1.165) is 11.3 Å². The lowest BCUT2D eigenvalue weighted by Gasteiger charge is -2.29. The lowest BCUT2D eigenvalue weighted by atomic mass is 9.83. The third-order valence-electron chi connectivity index (χ3n) is 3.46. The van der Waals surface area contributed by atoms with Gasteiger partial charge in [0.2, 0.25) is 5.92 Å². The monoisotopic (exact) mass is 276 g/mol. The van der Waals surface area contributed by atoms with Crippen molar-refractivity contribution in [3.63, 3.8) is 0 Å². The summed E-state index contributed by atoms with van der Waals surface area (Å²) in [7, 11) is 1.57. The molecule has 2 nitrogen and oxygen atoms in total. The van der Waals surface area contributed by atoms with E-state index in [1.54, 1.807) is 13.2 Å². The van der Waals surface area contributed by atoms with Crippen molar-refractivity contribution < 1.29 is 18.6 Å². The van der Waals surface area contributed by atoms with Gasteiger partial charge in [-0.15, -0.1) is 11.3 Å². The molecule has 5 heteroatoms. The number of methoxy groups -OCH3 is 1. The summed E-state index contributed by atoms with van der Waals surface area (Å²) in [6.07, 6.45) is 1.00. The molecule has 102 valence electrons. The molecular formula is C13H18F2O2S. The van der Waals surface area contributed by atoms with Crippen molar-refractivity contribution >= 4 is 11.3 Å². The molecule has 1 N–H and O–H groups in total. The van der Waals surface area contributed by atoms with Gasteiger partial charge in [-0.1, -0.05) is 0 Å². The molecule has 0 spiro atoms. The van der Waals surface area contributed by atoms with Crippen molar-refractivity contribution in [2.24, 2.45) is 5.92 Å². The maximum Gasteiger partial charge on any atom is 0.248 e. The van der Waals surface area contributed by atoms with Gasteiger partial charge in [0.15, 0.2) is 0 Å². The number of halogens is 2. The number of thiophene rings is 1. The van der Waals surface area contributed by atoms with Crippen LogP contribution >= 0.6 is 11.3 Å². The van der Waals surface area contributed by atoms with Crippen molar-refractivity contribution in [3.05, 3.63) is 16.3 Å². The van der Waals surface area contributed by atoms with E-state index >= 15 is 0 Å². The van der Waals surface area contributed by atoms with Crippen LogP contribution in [0.3, 0.4) is 0 Å². The number of aliphatic hydroxyl groups excluding tert-OH is 1. The van der Waals surface area contributed by atoms with E-state index in [9.17, 15) is 13.9 Å². The molecule has 1 aromatic rings. The maximum absolute atomic E-state index is 13.3. The second-order valence-corrected chi connectivity index (χ2v) is 5.90. The van der Waals surface area contributed by atoms with Gasteiger partial charge in [-0.3, -0.25) is 0 Å². The maximum atomic E-state index is 13.3. The van der Waals surface area contributed by atoms with Gasteiger partial charge in [-0.25, -0.2) is 8.78 Å². The highest BCUT2D eigenvalue weighted by Crippen LogP contribution is 2.41. The van der Waals surface area contributed by atoms with Crippen molar-refractivity contribution in [1.82, 2.24) is 0 Å². The third kappa shape index (κ3) is 3.42. The molecule has 1 aliphatic carbocycles. The number of hydrogen-bond donors (Lipinski definition) is 1. The Kier molecular flexibility index (Phi) is 4.22. The Bertz CT molecular complexity index is 392. The quantitative estimate of drug-likeness (QED) is 0.900. The van der Waals surface area contributed by atoms with Gasteiger partial charge in [0, 0.05) is 23.1 Å². The van der Waals surface area contributed by atoms with Crippen LogP contribution in [0.1, 0.15) is 43.1 Å². The molecule has 2 rings (SSSR count). The Hall–Kier alpha value is -0.680. The zero-order valence-corrected chi connectivity index (χ0v) is 11.2. The normalized spacial score (nSPS) is 24.8. The van der Waals surface area contributed by atoms with Crippen LogP contribution in [-0.2, 0) is 0 Å². The molecule has 1 aromatic heterocycles. The van der Waals surface area contributed by atoms with Gasteiger partial charge in [-0.05, 0) is 31.2 Å². The van der Waals surface area contributed by atoms with Crippen molar-refractivity contribution in [2.45, 2.75) is 44.1 Å². The van der Waals surface area contributed by atoms with E-state index < -0.39 is 12.0 Å². The molecule has 1 fully saturated rings. The van der Waals surface area contributed by atoms with Crippen molar-refractivity contribution in [2.75, 3.05) is 7.11 Å². The molecule has 0 aromatic carbocycles. The lowest BCUT2D eigenvalue weighted by molar-refractivity contribution is -0.0589. The Balaban J connectivity index is 1.92. The second kappa shape index (κ2) is 5.53. The standard InChI is InChI=1S/C13H18F2O2S/c1-17-10-6-12(18-8-10)11(16)5-9-3-2-4-13(14,15)7-9/h6,8-9,11,16H,2-5,7H2,1H3. The fourth-order valence-electron chi connectivity index (χ4n) is 2.53. The van der Waals surface area contributed by atoms with Crippen LogP contribution in [0.2, 0.25) is 0 Å². The smallest absolute Gasteiger partial charge is 0.248 e. The third-order valence-corrected chi connectivity index (χ3v) is 4.47. The van der Waals surface area contributed by atoms with Gasteiger partial charge < -0.3 is 9.84 Å². The summed E-state index contributed by atoms with van der Waals surface area (Å²) in [5, 5.41) is 11.9. The molecule has 18 heavy (non-hydrogen) atoms. The van der Waals surface area contributed by atoms with E-state index in [1.807, 2.05) is 5.38 Å². The molecule has 1 heterocycles. The van der Waals surface area contributed by atoms with E-state index in [2.05, 4.69) is 0 Å². The topological polar surface area (TPSA) is 29.5 Å². The highest BCUT2D eigenvalue weighted by molar-refractivity contribution is 7.10. The Morgan fingerprint density at radius 2 is 2.39 bits per heavy atom. The first-order valence-corrected chi connectivity index (χ1v) is 7.06. The first-order valence-electron chi connectivity index (χ1n) is 6.18. The molecule has 0 saturated heterocycles. The van der Waals surface area contributed by atoms with Crippen LogP contribution in [-0.4, -0.2) is 18.1 Å². The molecule has 0 bridgehead atoms. The zero-order chi connectivity index (χ0) is 13.2. The molecule has 1 aliphatic rings. The summed E-state index contributed by atoms with van der Waals surface area (Å²) >= 11 is 1.41. The van der Waals surface area contributed by atoms with Crippen molar-refractivity contribution in [3.8, 4) is 5.75 Å². The summed E-state index contributed by atoms with van der Waals surface area (Å²) in [6.45, 7) is 0. The molecule has 2 atom stereocenters. The van der Waals surface area contributed by atoms with Gasteiger partial charge in [0.25, 0.3) is 0 Å². The summed E-state index contributed by atoms with van der Waals surface area (Å²) in [4.78, 5) is 0.792. The number of alkyl halides is 2. The van der Waals surface area contributed by atoms with Crippen LogP contribution in [0.15, 0.2) is 11.4 Å². The summed E-state index contributed by atoms with van der Waals surface area (Å²) < 4.78 is 31.6. The Labute approximate surface area is 110 Å². The molecule has 1 saturated carbocycles. The average molecular weight is 276 g/mol. The Morgan fingerprint density at radius 1 is 1.61 bits per heavy atom.